The van der Waals surface area contributed by atoms with E-state index in [9.17, 15) is 18.6 Å². The highest BCUT2D eigenvalue weighted by Crippen LogP contribution is 2.36. The third-order valence-corrected chi connectivity index (χ3v) is 6.91. The van der Waals surface area contributed by atoms with E-state index in [0.717, 1.165) is 28.9 Å². The van der Waals surface area contributed by atoms with Gasteiger partial charge in [0.05, 0.1) is 32.3 Å². The Balaban J connectivity index is 0.00000481. The minimum Gasteiger partial charge on any atom is -0.506 e. The number of nitrogens with two attached hydrogens (primary N) is 1. The highest BCUT2D eigenvalue weighted by Gasteiger charge is 2.27. The third kappa shape index (κ3) is 8.00. The lowest BCUT2D eigenvalue weighted by Gasteiger charge is -2.29. The summed E-state index contributed by atoms with van der Waals surface area (Å²) in [4.78, 5) is 0. The fourth-order valence-corrected chi connectivity index (χ4v) is 4.78. The Kier molecular flexibility index (Phi) is 10.6. The Morgan fingerprint density at radius 3 is 1.78 bits per heavy atom. The van der Waals surface area contributed by atoms with Gasteiger partial charge in [0.1, 0.15) is 17.2 Å². The molecule has 0 spiro atoms. The summed E-state index contributed by atoms with van der Waals surface area (Å²) in [6.07, 6.45) is 0.554. The molecule has 3 atom stereocenters. The number of hydrogen-bond acceptors (Lipinski definition) is 7. The fraction of sp³-hybridized carbons (Fsp3) is 0.333. The molecule has 0 aromatic heterocycles. The zero-order valence-electron chi connectivity index (χ0n) is 21.3. The lowest BCUT2D eigenvalue weighted by Crippen LogP contribution is -2.36. The molecule has 0 aliphatic carbocycles. The number of halogens is 1. The monoisotopic (exact) mass is 550 g/mol. The van der Waals surface area contributed by atoms with Gasteiger partial charge in [-0.2, -0.15) is 0 Å². The van der Waals surface area contributed by atoms with E-state index in [2.05, 4.69) is 4.72 Å². The molecule has 0 saturated heterocycles. The van der Waals surface area contributed by atoms with Crippen molar-refractivity contribution in [3.8, 4) is 17.2 Å². The van der Waals surface area contributed by atoms with Crippen LogP contribution < -0.4 is 19.9 Å². The van der Waals surface area contributed by atoms with E-state index >= 15 is 0 Å². The largest absolute Gasteiger partial charge is 0.506 e. The van der Waals surface area contributed by atoms with Gasteiger partial charge in [0.2, 0.25) is 10.0 Å². The molecule has 10 heteroatoms. The number of nitrogens with one attached hydrogen (secondary N) is 1. The van der Waals surface area contributed by atoms with Crippen LogP contribution in [0.1, 0.15) is 42.1 Å². The van der Waals surface area contributed by atoms with Crippen molar-refractivity contribution in [1.82, 2.24) is 0 Å². The highest BCUT2D eigenvalue weighted by molar-refractivity contribution is 7.92. The molecule has 0 bridgehead atoms. The molecular weight excluding hydrogens is 516 g/mol. The number of aliphatic hydroxyl groups is 1. The summed E-state index contributed by atoms with van der Waals surface area (Å²) in [6, 6.07) is 19.4. The van der Waals surface area contributed by atoms with Gasteiger partial charge in [-0.25, -0.2) is 8.42 Å². The van der Waals surface area contributed by atoms with E-state index < -0.39 is 22.2 Å². The van der Waals surface area contributed by atoms with Crippen LogP contribution >= 0.6 is 12.4 Å². The van der Waals surface area contributed by atoms with Crippen LogP contribution in [-0.4, -0.2) is 45.1 Å². The number of benzene rings is 3. The average molecular weight is 551 g/mol. The molecule has 3 aromatic carbocycles. The lowest BCUT2D eigenvalue weighted by molar-refractivity contribution is 0.118. The van der Waals surface area contributed by atoms with Crippen molar-refractivity contribution in [1.29, 1.82) is 0 Å². The number of ether oxygens (including phenoxy) is 2. The first kappa shape index (κ1) is 30.2. The van der Waals surface area contributed by atoms with Crippen molar-refractivity contribution in [3.05, 3.63) is 83.4 Å². The van der Waals surface area contributed by atoms with Crippen LogP contribution in [-0.2, 0) is 10.0 Å². The molecule has 0 aliphatic rings. The molecule has 3 aromatic rings. The summed E-state index contributed by atoms with van der Waals surface area (Å²) in [7, 11) is -0.360. The zero-order chi connectivity index (χ0) is 26.5. The summed E-state index contributed by atoms with van der Waals surface area (Å²) in [5.41, 5.74) is 9.07. The zero-order valence-corrected chi connectivity index (χ0v) is 22.9. The number of phenolic OH excluding ortho intramolecular Hbond substituents is 1. The standard InChI is InChI=1S/C27H34N2O6S.ClH/c1-17(26(28)27(31)20-9-14-25(30)24(16-20)29-36(4,32)33)15-23(18-5-10-21(34-2)11-6-18)19-7-12-22(35-3)13-8-19;/h5-14,16-17,23,26-27,29-31H,15,28H2,1-4H3;1H/t17-,26?,27-;/m1./s1. The molecule has 8 nitrogen and oxygen atoms in total. The van der Waals surface area contributed by atoms with Crippen molar-refractivity contribution in [2.75, 3.05) is 25.2 Å². The number of sulfonamides is 1. The molecule has 5 N–H and O–H groups in total. The van der Waals surface area contributed by atoms with E-state index in [1.807, 2.05) is 55.5 Å². The van der Waals surface area contributed by atoms with Crippen molar-refractivity contribution >= 4 is 28.1 Å². The number of aliphatic hydroxyl groups excluding tert-OH is 1. The van der Waals surface area contributed by atoms with E-state index in [0.29, 0.717) is 12.0 Å². The van der Waals surface area contributed by atoms with E-state index in [1.54, 1.807) is 14.2 Å². The average Bonchev–Trinajstić information content (AvgIpc) is 2.87. The van der Waals surface area contributed by atoms with Gasteiger partial charge in [-0.3, -0.25) is 4.72 Å². The SMILES string of the molecule is COc1ccc(C(C[C@@H](C)C(N)[C@H](O)c2ccc(O)c(NS(C)(=O)=O)c2)c2ccc(OC)cc2)cc1.Cl. The second kappa shape index (κ2) is 13.0. The van der Waals surface area contributed by atoms with Crippen LogP contribution in [0.4, 0.5) is 5.69 Å². The van der Waals surface area contributed by atoms with E-state index in [-0.39, 0.29) is 35.7 Å². The van der Waals surface area contributed by atoms with Crippen LogP contribution in [0, 0.1) is 5.92 Å². The summed E-state index contributed by atoms with van der Waals surface area (Å²) in [5, 5.41) is 21.1. The van der Waals surface area contributed by atoms with E-state index in [1.165, 1.54) is 18.2 Å². The van der Waals surface area contributed by atoms with Crippen molar-refractivity contribution < 1.29 is 28.1 Å². The van der Waals surface area contributed by atoms with Crippen molar-refractivity contribution in [2.45, 2.75) is 31.4 Å². The van der Waals surface area contributed by atoms with Crippen molar-refractivity contribution in [3.63, 3.8) is 0 Å². The number of aromatic hydroxyl groups is 1. The minimum atomic E-state index is -3.61. The molecule has 0 radical (unpaired) electrons. The Hall–Kier alpha value is -2.98. The lowest BCUT2D eigenvalue weighted by atomic mass is 9.80. The Morgan fingerprint density at radius 1 is 0.892 bits per heavy atom. The highest BCUT2D eigenvalue weighted by atomic mass is 35.5. The number of anilines is 1. The van der Waals surface area contributed by atoms with Gasteiger partial charge in [-0.15, -0.1) is 12.4 Å². The topological polar surface area (TPSA) is 131 Å². The Morgan fingerprint density at radius 2 is 1.35 bits per heavy atom. The molecule has 0 fully saturated rings. The number of hydrogen-bond donors (Lipinski definition) is 4. The predicted molar refractivity (Wildman–Crippen MR) is 148 cm³/mol. The van der Waals surface area contributed by atoms with Crippen LogP contribution in [0.5, 0.6) is 17.2 Å². The van der Waals surface area contributed by atoms with Crippen LogP contribution in [0.15, 0.2) is 66.7 Å². The molecule has 0 amide bonds. The van der Waals surface area contributed by atoms with Crippen LogP contribution in [0.3, 0.4) is 0 Å². The molecule has 3 rings (SSSR count). The first-order valence-corrected chi connectivity index (χ1v) is 13.4. The van der Waals surface area contributed by atoms with Gasteiger partial charge >= 0.3 is 0 Å². The quantitative estimate of drug-likeness (QED) is 0.260. The first-order valence-electron chi connectivity index (χ1n) is 11.5. The van der Waals surface area contributed by atoms with E-state index in [4.69, 9.17) is 15.2 Å². The number of methoxy groups -OCH3 is 2. The maximum absolute atomic E-state index is 11.6. The second-order valence-corrected chi connectivity index (χ2v) is 10.7. The van der Waals surface area contributed by atoms with Gasteiger partial charge < -0.3 is 25.4 Å². The molecule has 37 heavy (non-hydrogen) atoms. The molecule has 0 saturated carbocycles. The molecular formula is C27H35ClN2O6S. The Labute approximate surface area is 224 Å². The third-order valence-electron chi connectivity index (χ3n) is 6.32. The molecule has 0 aliphatic heterocycles. The predicted octanol–water partition coefficient (Wildman–Crippen LogP) is 4.42. The fourth-order valence-electron chi connectivity index (χ4n) is 4.22. The molecule has 202 valence electrons. The van der Waals surface area contributed by atoms with Gasteiger partial charge in [-0.05, 0) is 65.4 Å². The minimum absolute atomic E-state index is 0. The first-order chi connectivity index (χ1) is 17.0. The van der Waals surface area contributed by atoms with Gasteiger partial charge in [-0.1, -0.05) is 37.3 Å². The summed E-state index contributed by atoms with van der Waals surface area (Å²) >= 11 is 0. The smallest absolute Gasteiger partial charge is 0.229 e. The summed E-state index contributed by atoms with van der Waals surface area (Å²) in [5.74, 6) is 1.15. The van der Waals surface area contributed by atoms with Gasteiger partial charge in [0.25, 0.3) is 0 Å². The van der Waals surface area contributed by atoms with Gasteiger partial charge in [0.15, 0.2) is 0 Å². The summed E-state index contributed by atoms with van der Waals surface area (Å²) in [6.45, 7) is 1.98. The number of phenols is 1. The number of rotatable bonds is 11. The second-order valence-electron chi connectivity index (χ2n) is 8.98. The Bertz CT molecular complexity index is 1210. The molecule has 0 heterocycles. The van der Waals surface area contributed by atoms with Crippen LogP contribution in [0.25, 0.3) is 0 Å². The van der Waals surface area contributed by atoms with Gasteiger partial charge in [0, 0.05) is 12.0 Å². The van der Waals surface area contributed by atoms with Crippen LogP contribution in [0.2, 0.25) is 0 Å². The normalized spacial score (nSPS) is 13.8. The summed E-state index contributed by atoms with van der Waals surface area (Å²) < 4.78 is 36.1. The van der Waals surface area contributed by atoms with Crippen molar-refractivity contribution in [2.24, 2.45) is 11.7 Å². The maximum atomic E-state index is 11.6. The molecule has 1 unspecified atom stereocenters. The maximum Gasteiger partial charge on any atom is 0.229 e.